The molecule has 1 unspecified atom stereocenters. The van der Waals surface area contributed by atoms with Gasteiger partial charge < -0.3 is 5.32 Å². The molecule has 1 saturated carbocycles. The molecule has 0 aromatic heterocycles. The molecule has 0 saturated heterocycles. The maximum atomic E-state index is 14.4. The van der Waals surface area contributed by atoms with E-state index in [0.717, 1.165) is 18.4 Å². The van der Waals surface area contributed by atoms with Crippen molar-refractivity contribution in [1.29, 1.82) is 0 Å². The fourth-order valence-corrected chi connectivity index (χ4v) is 3.25. The second-order valence-corrected chi connectivity index (χ2v) is 5.25. The van der Waals surface area contributed by atoms with Crippen LogP contribution >= 0.6 is 0 Å². The van der Waals surface area contributed by atoms with Gasteiger partial charge in [0.2, 0.25) is 0 Å². The molecule has 3 heteroatoms. The second kappa shape index (κ2) is 4.52. The van der Waals surface area contributed by atoms with Crippen LogP contribution < -0.4 is 5.32 Å². The molecule has 0 bridgehead atoms. The monoisotopic (exact) mass is 241 g/mol. The zero-order chi connectivity index (χ0) is 12.5. The molecule has 0 heterocycles. The lowest BCUT2D eigenvalue weighted by molar-refractivity contribution is -0.102. The van der Waals surface area contributed by atoms with Crippen molar-refractivity contribution in [3.8, 4) is 0 Å². The van der Waals surface area contributed by atoms with Gasteiger partial charge in [0, 0.05) is 6.42 Å². The smallest absolute Gasteiger partial charge is 0.269 e. The van der Waals surface area contributed by atoms with Crippen LogP contribution in [-0.2, 0) is 0 Å². The van der Waals surface area contributed by atoms with E-state index < -0.39 is 11.5 Å². The third-order valence-electron chi connectivity index (χ3n) is 4.27. The Balaban J connectivity index is 2.42. The van der Waals surface area contributed by atoms with Crippen LogP contribution in [0.4, 0.5) is 8.78 Å². The number of nitrogens with one attached hydrogen (secondary N) is 1. The largest absolute Gasteiger partial charge is 0.306 e. The minimum atomic E-state index is -2.63. The number of hydrogen-bond acceptors (Lipinski definition) is 1. The summed E-state index contributed by atoms with van der Waals surface area (Å²) in [4.78, 5) is 0. The predicted octanol–water partition coefficient (Wildman–Crippen LogP) is 3.68. The third kappa shape index (κ3) is 1.95. The van der Waals surface area contributed by atoms with Crippen molar-refractivity contribution in [3.05, 3.63) is 23.8 Å². The quantitative estimate of drug-likeness (QED) is 0.777. The highest BCUT2D eigenvalue weighted by Crippen LogP contribution is 2.48. The Labute approximate surface area is 102 Å². The molecule has 0 aliphatic heterocycles. The van der Waals surface area contributed by atoms with Gasteiger partial charge >= 0.3 is 0 Å². The summed E-state index contributed by atoms with van der Waals surface area (Å²) in [6.07, 6.45) is 8.78. The van der Waals surface area contributed by atoms with Gasteiger partial charge in [0.15, 0.2) is 0 Å². The Morgan fingerprint density at radius 2 is 2.00 bits per heavy atom. The van der Waals surface area contributed by atoms with Gasteiger partial charge in [-0.1, -0.05) is 31.6 Å². The summed E-state index contributed by atoms with van der Waals surface area (Å²) in [6.45, 7) is 2.04. The van der Waals surface area contributed by atoms with Gasteiger partial charge in [-0.25, -0.2) is 8.78 Å². The van der Waals surface area contributed by atoms with E-state index in [1.54, 1.807) is 7.05 Å². The highest BCUT2D eigenvalue weighted by Gasteiger charge is 2.56. The first kappa shape index (κ1) is 12.7. The summed E-state index contributed by atoms with van der Waals surface area (Å²) >= 11 is 0. The van der Waals surface area contributed by atoms with Gasteiger partial charge in [-0.2, -0.15) is 0 Å². The Morgan fingerprint density at radius 3 is 2.59 bits per heavy atom. The normalized spacial score (nSPS) is 36.7. The fraction of sp³-hybridized carbons (Fsp3) is 0.714. The number of halogens is 2. The third-order valence-corrected chi connectivity index (χ3v) is 4.27. The number of alkyl halides is 2. The van der Waals surface area contributed by atoms with Crippen LogP contribution in [0, 0.1) is 5.92 Å². The highest BCUT2D eigenvalue weighted by atomic mass is 19.3. The van der Waals surface area contributed by atoms with E-state index in [1.165, 1.54) is 0 Å². The molecule has 2 aliphatic rings. The van der Waals surface area contributed by atoms with Crippen LogP contribution in [0.25, 0.3) is 0 Å². The number of rotatable bonds is 2. The molecule has 1 nitrogen and oxygen atoms in total. The van der Waals surface area contributed by atoms with Crippen molar-refractivity contribution in [3.63, 3.8) is 0 Å². The van der Waals surface area contributed by atoms with Gasteiger partial charge in [-0.3, -0.25) is 0 Å². The summed E-state index contributed by atoms with van der Waals surface area (Å²) in [5.74, 6) is -2.43. The molecule has 17 heavy (non-hydrogen) atoms. The molecule has 0 aromatic carbocycles. The molecule has 0 aromatic rings. The molecule has 96 valence electrons. The zero-order valence-electron chi connectivity index (χ0n) is 10.6. The van der Waals surface area contributed by atoms with Gasteiger partial charge in [0.05, 0.1) is 0 Å². The Bertz CT molecular complexity index is 346. The molecule has 2 atom stereocenters. The average Bonchev–Trinajstić information content (AvgIpc) is 2.30. The van der Waals surface area contributed by atoms with E-state index in [4.69, 9.17) is 0 Å². The minimum Gasteiger partial charge on any atom is -0.306 e. The van der Waals surface area contributed by atoms with Gasteiger partial charge in [-0.05, 0) is 37.8 Å². The second-order valence-electron chi connectivity index (χ2n) is 5.25. The van der Waals surface area contributed by atoms with E-state index in [-0.39, 0.29) is 12.3 Å². The van der Waals surface area contributed by atoms with Crippen molar-refractivity contribution in [2.24, 2.45) is 5.92 Å². The molecular formula is C14H21F2N. The van der Waals surface area contributed by atoms with E-state index in [9.17, 15) is 8.78 Å². The lowest BCUT2D eigenvalue weighted by atomic mass is 9.68. The zero-order valence-corrected chi connectivity index (χ0v) is 10.6. The first-order chi connectivity index (χ1) is 8.03. The molecule has 1 fully saturated rings. The molecule has 2 rings (SSSR count). The first-order valence-electron chi connectivity index (χ1n) is 6.47. The Hall–Kier alpha value is -0.700. The number of likely N-dealkylation sites (N-methyl/N-ethyl adjacent to an activating group) is 1. The predicted molar refractivity (Wildman–Crippen MR) is 66.2 cm³/mol. The van der Waals surface area contributed by atoms with Crippen LogP contribution in [0.3, 0.4) is 0 Å². The average molecular weight is 241 g/mol. The summed E-state index contributed by atoms with van der Waals surface area (Å²) in [5, 5.41) is 2.96. The topological polar surface area (TPSA) is 12.0 Å². The molecule has 2 aliphatic carbocycles. The molecule has 0 spiro atoms. The summed E-state index contributed by atoms with van der Waals surface area (Å²) in [6, 6.07) is 0. The lowest BCUT2D eigenvalue weighted by Crippen LogP contribution is -2.61. The summed E-state index contributed by atoms with van der Waals surface area (Å²) in [5.41, 5.74) is -0.234. The van der Waals surface area contributed by atoms with Gasteiger partial charge in [-0.15, -0.1) is 0 Å². The van der Waals surface area contributed by atoms with E-state index in [0.29, 0.717) is 12.8 Å². The maximum absolute atomic E-state index is 14.4. The SMILES string of the molecule is CN[C@]1(C2=CC=CCC2C)CCCCC1(F)F. The van der Waals surface area contributed by atoms with Crippen molar-refractivity contribution in [1.82, 2.24) is 5.32 Å². The summed E-state index contributed by atoms with van der Waals surface area (Å²) < 4.78 is 28.7. The highest BCUT2D eigenvalue weighted by molar-refractivity contribution is 5.34. The number of allylic oxidation sites excluding steroid dienone is 3. The van der Waals surface area contributed by atoms with Crippen molar-refractivity contribution >= 4 is 0 Å². The minimum absolute atomic E-state index is 0.00160. The van der Waals surface area contributed by atoms with Crippen molar-refractivity contribution in [2.45, 2.75) is 50.5 Å². The van der Waals surface area contributed by atoms with Gasteiger partial charge in [0.1, 0.15) is 5.54 Å². The standard InChI is InChI=1S/C14H21F2N/c1-11-7-3-4-8-12(11)13(17-2)9-5-6-10-14(13,15)16/h3-4,8,11,17H,5-7,9-10H2,1-2H3/t11?,13-/m0/s1. The molecule has 0 amide bonds. The fourth-order valence-electron chi connectivity index (χ4n) is 3.25. The Kier molecular flexibility index (Phi) is 3.39. The van der Waals surface area contributed by atoms with Gasteiger partial charge in [0.25, 0.3) is 5.92 Å². The van der Waals surface area contributed by atoms with Crippen molar-refractivity contribution < 1.29 is 8.78 Å². The molecular weight excluding hydrogens is 220 g/mol. The van der Waals surface area contributed by atoms with Crippen LogP contribution in [0.15, 0.2) is 23.8 Å². The van der Waals surface area contributed by atoms with Crippen LogP contribution in [0.2, 0.25) is 0 Å². The lowest BCUT2D eigenvalue weighted by Gasteiger charge is -2.47. The maximum Gasteiger partial charge on any atom is 0.269 e. The summed E-state index contributed by atoms with van der Waals surface area (Å²) in [7, 11) is 1.67. The van der Waals surface area contributed by atoms with Crippen molar-refractivity contribution in [2.75, 3.05) is 7.05 Å². The van der Waals surface area contributed by atoms with Crippen LogP contribution in [-0.4, -0.2) is 18.5 Å². The van der Waals surface area contributed by atoms with Crippen LogP contribution in [0.1, 0.15) is 39.0 Å². The first-order valence-corrected chi connectivity index (χ1v) is 6.47. The van der Waals surface area contributed by atoms with E-state index in [1.807, 2.05) is 19.1 Å². The number of hydrogen-bond donors (Lipinski definition) is 1. The molecule has 0 radical (unpaired) electrons. The van der Waals surface area contributed by atoms with E-state index in [2.05, 4.69) is 11.4 Å². The molecule has 1 N–H and O–H groups in total. The van der Waals surface area contributed by atoms with E-state index >= 15 is 0 Å². The van der Waals surface area contributed by atoms with Crippen LogP contribution in [0.5, 0.6) is 0 Å². The Morgan fingerprint density at radius 1 is 1.29 bits per heavy atom.